The first-order chi connectivity index (χ1) is 8.33. The maximum Gasteiger partial charge on any atom is 0.138 e. The quantitative estimate of drug-likeness (QED) is 0.902. The summed E-state index contributed by atoms with van der Waals surface area (Å²) in [6, 6.07) is 5.98. The fourth-order valence-electron chi connectivity index (χ4n) is 1.70. The van der Waals surface area contributed by atoms with Gasteiger partial charge in [0.25, 0.3) is 0 Å². The molecule has 2 aromatic rings. The lowest BCUT2D eigenvalue weighted by atomic mass is 10.2. The Labute approximate surface area is 103 Å². The van der Waals surface area contributed by atoms with Gasteiger partial charge in [0, 0.05) is 5.02 Å². The summed E-state index contributed by atoms with van der Waals surface area (Å²) < 4.78 is 6.84. The first kappa shape index (κ1) is 10.6. The van der Waals surface area contributed by atoms with Gasteiger partial charge in [-0.1, -0.05) is 11.6 Å². The van der Waals surface area contributed by atoms with Crippen molar-refractivity contribution in [3.8, 4) is 5.69 Å². The van der Waals surface area contributed by atoms with E-state index in [-0.39, 0.29) is 0 Å². The van der Waals surface area contributed by atoms with Crippen molar-refractivity contribution >= 4 is 17.3 Å². The number of hydrogen-bond donors (Lipinski definition) is 1. The van der Waals surface area contributed by atoms with Crippen molar-refractivity contribution in [1.29, 1.82) is 0 Å². The molecule has 1 aromatic heterocycles. The average Bonchev–Trinajstić information content (AvgIpc) is 2.77. The number of aromatic nitrogens is 3. The molecule has 0 spiro atoms. The van der Waals surface area contributed by atoms with Crippen LogP contribution in [0.25, 0.3) is 5.69 Å². The molecule has 17 heavy (non-hydrogen) atoms. The Morgan fingerprint density at radius 3 is 2.94 bits per heavy atom. The fraction of sp³-hybridized carbons (Fsp3) is 0.273. The Bertz CT molecular complexity index is 510. The maximum atomic E-state index is 6.01. The number of hydrogen-bond acceptors (Lipinski definition) is 4. The average molecular weight is 251 g/mol. The lowest BCUT2D eigenvalue weighted by Crippen LogP contribution is -2.40. The van der Waals surface area contributed by atoms with Crippen LogP contribution in [0.3, 0.4) is 0 Å². The summed E-state index contributed by atoms with van der Waals surface area (Å²) in [5.74, 6) is 0. The van der Waals surface area contributed by atoms with Gasteiger partial charge in [-0.25, -0.2) is 9.67 Å². The second-order valence-corrected chi connectivity index (χ2v) is 4.32. The Kier molecular flexibility index (Phi) is 2.70. The van der Waals surface area contributed by atoms with E-state index in [4.69, 9.17) is 16.3 Å². The molecular weight excluding hydrogens is 240 g/mol. The van der Waals surface area contributed by atoms with Crippen molar-refractivity contribution < 1.29 is 4.74 Å². The number of nitrogens with zero attached hydrogens (tertiary/aromatic N) is 3. The lowest BCUT2D eigenvalue weighted by Gasteiger charge is -2.28. The van der Waals surface area contributed by atoms with E-state index in [0.717, 1.165) is 24.6 Å². The van der Waals surface area contributed by atoms with Crippen molar-refractivity contribution in [2.24, 2.45) is 0 Å². The fourth-order valence-corrected chi connectivity index (χ4v) is 1.87. The first-order valence-corrected chi connectivity index (χ1v) is 5.69. The van der Waals surface area contributed by atoms with Crippen LogP contribution in [0.2, 0.25) is 5.02 Å². The highest BCUT2D eigenvalue weighted by atomic mass is 35.5. The van der Waals surface area contributed by atoms with Crippen LogP contribution in [0.1, 0.15) is 0 Å². The Balaban J connectivity index is 1.95. The van der Waals surface area contributed by atoms with E-state index >= 15 is 0 Å². The molecule has 1 aliphatic rings. The lowest BCUT2D eigenvalue weighted by molar-refractivity contribution is 0.0211. The molecule has 3 rings (SSSR count). The van der Waals surface area contributed by atoms with Crippen molar-refractivity contribution in [2.75, 3.05) is 18.5 Å². The van der Waals surface area contributed by atoms with Crippen LogP contribution in [0.5, 0.6) is 0 Å². The summed E-state index contributed by atoms with van der Waals surface area (Å²) in [5, 5.41) is 8.19. The molecule has 0 bridgehead atoms. The smallest absolute Gasteiger partial charge is 0.138 e. The van der Waals surface area contributed by atoms with Crippen molar-refractivity contribution in [3.05, 3.63) is 35.9 Å². The Morgan fingerprint density at radius 2 is 2.29 bits per heavy atom. The molecule has 88 valence electrons. The third kappa shape index (κ3) is 2.11. The van der Waals surface area contributed by atoms with Crippen LogP contribution < -0.4 is 5.32 Å². The summed E-state index contributed by atoms with van der Waals surface area (Å²) in [4.78, 5) is 3.94. The second kappa shape index (κ2) is 4.35. The molecule has 6 heteroatoms. The van der Waals surface area contributed by atoms with Crippen LogP contribution in [-0.4, -0.2) is 34.0 Å². The van der Waals surface area contributed by atoms with Gasteiger partial charge in [0.15, 0.2) is 0 Å². The van der Waals surface area contributed by atoms with Crippen LogP contribution in [-0.2, 0) is 4.74 Å². The number of anilines is 1. The first-order valence-electron chi connectivity index (χ1n) is 5.32. The highest BCUT2D eigenvalue weighted by Crippen LogP contribution is 2.25. The van der Waals surface area contributed by atoms with Crippen molar-refractivity contribution in [3.63, 3.8) is 0 Å². The molecule has 0 unspecified atom stereocenters. The molecule has 5 nitrogen and oxygen atoms in total. The molecule has 1 aromatic carbocycles. The third-order valence-corrected chi connectivity index (χ3v) is 2.86. The van der Waals surface area contributed by atoms with E-state index in [9.17, 15) is 0 Å². The number of halogens is 1. The maximum absolute atomic E-state index is 6.01. The zero-order valence-corrected chi connectivity index (χ0v) is 9.76. The zero-order chi connectivity index (χ0) is 11.7. The normalized spacial score (nSPS) is 15.6. The minimum absolute atomic E-state index is 0.343. The van der Waals surface area contributed by atoms with E-state index in [1.54, 1.807) is 11.0 Å². The molecule has 2 heterocycles. The molecule has 0 radical (unpaired) electrons. The van der Waals surface area contributed by atoms with Gasteiger partial charge < -0.3 is 10.1 Å². The second-order valence-electron chi connectivity index (χ2n) is 3.88. The monoisotopic (exact) mass is 250 g/mol. The van der Waals surface area contributed by atoms with Gasteiger partial charge in [0.2, 0.25) is 0 Å². The van der Waals surface area contributed by atoms with Crippen LogP contribution in [0.4, 0.5) is 5.69 Å². The molecule has 1 saturated heterocycles. The van der Waals surface area contributed by atoms with Gasteiger partial charge in [-0.2, -0.15) is 5.10 Å². The number of ether oxygens (including phenoxy) is 1. The van der Waals surface area contributed by atoms with Gasteiger partial charge in [0.1, 0.15) is 12.7 Å². The molecule has 0 amide bonds. The molecule has 1 N–H and O–H groups in total. The SMILES string of the molecule is Clc1ccc(-n2cncn2)c(NC2COC2)c1. The number of nitrogens with one attached hydrogen (secondary N) is 1. The van der Waals surface area contributed by atoms with Gasteiger partial charge in [-0.15, -0.1) is 0 Å². The largest absolute Gasteiger partial charge is 0.377 e. The predicted octanol–water partition coefficient (Wildman–Crippen LogP) is 1.73. The molecule has 0 atom stereocenters. The van der Waals surface area contributed by atoms with Gasteiger partial charge in [-0.3, -0.25) is 0 Å². The Hall–Kier alpha value is -1.59. The van der Waals surface area contributed by atoms with Crippen LogP contribution >= 0.6 is 11.6 Å². The standard InChI is InChI=1S/C11H11ClN4O/c12-8-1-2-11(16-7-13-6-14-16)10(3-8)15-9-4-17-5-9/h1-3,6-7,9,15H,4-5H2. The van der Waals surface area contributed by atoms with Gasteiger partial charge >= 0.3 is 0 Å². The van der Waals surface area contributed by atoms with E-state index < -0.39 is 0 Å². The molecule has 0 aliphatic carbocycles. The summed E-state index contributed by atoms with van der Waals surface area (Å²) in [5.41, 5.74) is 1.87. The third-order valence-electron chi connectivity index (χ3n) is 2.62. The van der Waals surface area contributed by atoms with Gasteiger partial charge in [-0.05, 0) is 18.2 Å². The number of rotatable bonds is 3. The minimum Gasteiger partial charge on any atom is -0.377 e. The predicted molar refractivity (Wildman–Crippen MR) is 64.6 cm³/mol. The summed E-state index contributed by atoms with van der Waals surface area (Å²) >= 11 is 6.01. The minimum atomic E-state index is 0.343. The highest BCUT2D eigenvalue weighted by Gasteiger charge is 2.19. The summed E-state index contributed by atoms with van der Waals surface area (Å²) in [7, 11) is 0. The van der Waals surface area contributed by atoms with Crippen molar-refractivity contribution in [1.82, 2.24) is 14.8 Å². The molecule has 0 saturated carbocycles. The van der Waals surface area contributed by atoms with E-state index in [2.05, 4.69) is 15.4 Å². The van der Waals surface area contributed by atoms with Gasteiger partial charge in [0.05, 0.1) is 30.6 Å². The highest BCUT2D eigenvalue weighted by molar-refractivity contribution is 6.31. The summed E-state index contributed by atoms with van der Waals surface area (Å²) in [6.45, 7) is 1.45. The molecule has 1 aliphatic heterocycles. The van der Waals surface area contributed by atoms with E-state index in [0.29, 0.717) is 11.1 Å². The van der Waals surface area contributed by atoms with Crippen molar-refractivity contribution in [2.45, 2.75) is 6.04 Å². The Morgan fingerprint density at radius 1 is 1.41 bits per heavy atom. The summed E-state index contributed by atoms with van der Waals surface area (Å²) in [6.07, 6.45) is 3.16. The van der Waals surface area contributed by atoms with E-state index in [1.807, 2.05) is 18.2 Å². The zero-order valence-electron chi connectivity index (χ0n) is 9.01. The molecular formula is C11H11ClN4O. The topological polar surface area (TPSA) is 52.0 Å². The molecule has 1 fully saturated rings. The van der Waals surface area contributed by atoms with Crippen LogP contribution in [0, 0.1) is 0 Å². The van der Waals surface area contributed by atoms with Crippen LogP contribution in [0.15, 0.2) is 30.9 Å². The van der Waals surface area contributed by atoms with E-state index in [1.165, 1.54) is 6.33 Å². The number of benzene rings is 1.